The highest BCUT2D eigenvalue weighted by molar-refractivity contribution is 5.75. The Morgan fingerprint density at radius 2 is 1.89 bits per heavy atom. The molecule has 18 heavy (non-hydrogen) atoms. The van der Waals surface area contributed by atoms with E-state index in [1.807, 2.05) is 25.7 Å². The summed E-state index contributed by atoms with van der Waals surface area (Å²) in [5.74, 6) is 0. The van der Waals surface area contributed by atoms with Crippen molar-refractivity contribution in [1.29, 1.82) is 0 Å². The zero-order valence-electron chi connectivity index (χ0n) is 12.2. The van der Waals surface area contributed by atoms with Crippen LogP contribution in [0.15, 0.2) is 0 Å². The molecule has 0 aromatic rings. The van der Waals surface area contributed by atoms with E-state index in [0.29, 0.717) is 12.6 Å². The first kappa shape index (κ1) is 15.3. The van der Waals surface area contributed by atoms with Crippen molar-refractivity contribution in [3.63, 3.8) is 0 Å². The van der Waals surface area contributed by atoms with Gasteiger partial charge in [0.2, 0.25) is 0 Å². The van der Waals surface area contributed by atoms with Crippen LogP contribution in [0.3, 0.4) is 0 Å². The molecule has 1 rings (SSSR count). The standard InChI is InChI=1S/C14H29N3O/c1-14(2,3)16-13(18)17(11-7-10-15)12-8-5-4-6-9-12/h12H,4-11,15H2,1-3H3,(H,16,18). The molecule has 0 spiro atoms. The number of carbonyl (C=O) groups excluding carboxylic acids is 1. The number of amides is 2. The monoisotopic (exact) mass is 255 g/mol. The van der Waals surface area contributed by atoms with Gasteiger partial charge in [0.15, 0.2) is 0 Å². The second-order valence-corrected chi connectivity index (χ2v) is 6.31. The lowest BCUT2D eigenvalue weighted by atomic mass is 9.94. The van der Waals surface area contributed by atoms with Gasteiger partial charge in [0.25, 0.3) is 0 Å². The summed E-state index contributed by atoms with van der Waals surface area (Å²) in [6, 6.07) is 0.482. The number of rotatable bonds is 4. The number of urea groups is 1. The Balaban J connectivity index is 2.60. The Hall–Kier alpha value is -0.770. The fraction of sp³-hybridized carbons (Fsp3) is 0.929. The molecule has 0 saturated heterocycles. The van der Waals surface area contributed by atoms with Crippen molar-refractivity contribution in [2.75, 3.05) is 13.1 Å². The quantitative estimate of drug-likeness (QED) is 0.811. The van der Waals surface area contributed by atoms with Gasteiger partial charge in [-0.25, -0.2) is 4.79 Å². The molecular formula is C14H29N3O. The molecule has 0 bridgehead atoms. The Bertz CT molecular complexity index is 254. The maximum atomic E-state index is 12.3. The molecule has 1 saturated carbocycles. The summed E-state index contributed by atoms with van der Waals surface area (Å²) in [4.78, 5) is 14.3. The predicted octanol–water partition coefficient (Wildman–Crippen LogP) is 2.48. The molecule has 3 N–H and O–H groups in total. The van der Waals surface area contributed by atoms with Gasteiger partial charge < -0.3 is 16.0 Å². The minimum Gasteiger partial charge on any atom is -0.333 e. The van der Waals surface area contributed by atoms with Crippen molar-refractivity contribution in [3.8, 4) is 0 Å². The third-order valence-corrected chi connectivity index (χ3v) is 3.36. The molecular weight excluding hydrogens is 226 g/mol. The predicted molar refractivity (Wildman–Crippen MR) is 75.5 cm³/mol. The van der Waals surface area contributed by atoms with Crippen molar-refractivity contribution < 1.29 is 4.79 Å². The van der Waals surface area contributed by atoms with Crippen LogP contribution in [0.1, 0.15) is 59.3 Å². The van der Waals surface area contributed by atoms with E-state index in [1.165, 1.54) is 19.3 Å². The second kappa shape index (κ2) is 6.98. The third kappa shape index (κ3) is 5.25. The average Bonchev–Trinajstić information content (AvgIpc) is 2.28. The van der Waals surface area contributed by atoms with E-state index in [2.05, 4.69) is 5.32 Å². The highest BCUT2D eigenvalue weighted by Gasteiger charge is 2.27. The number of nitrogens with one attached hydrogen (secondary N) is 1. The molecule has 4 heteroatoms. The van der Waals surface area contributed by atoms with Crippen LogP contribution >= 0.6 is 0 Å². The lowest BCUT2D eigenvalue weighted by molar-refractivity contribution is 0.148. The number of carbonyl (C=O) groups is 1. The molecule has 0 atom stereocenters. The molecule has 0 unspecified atom stereocenters. The lowest BCUT2D eigenvalue weighted by Crippen LogP contribution is -2.52. The number of hydrogen-bond acceptors (Lipinski definition) is 2. The Labute approximate surface area is 111 Å². The van der Waals surface area contributed by atoms with Crippen LogP contribution < -0.4 is 11.1 Å². The van der Waals surface area contributed by atoms with Crippen molar-refractivity contribution in [2.45, 2.75) is 70.9 Å². The average molecular weight is 255 g/mol. The second-order valence-electron chi connectivity index (χ2n) is 6.31. The van der Waals surface area contributed by atoms with Crippen LogP contribution in [0.5, 0.6) is 0 Å². The Morgan fingerprint density at radius 1 is 1.28 bits per heavy atom. The Kier molecular flexibility index (Phi) is 5.93. The first-order valence-electron chi connectivity index (χ1n) is 7.23. The van der Waals surface area contributed by atoms with Gasteiger partial charge in [-0.1, -0.05) is 19.3 Å². The summed E-state index contributed by atoms with van der Waals surface area (Å²) >= 11 is 0. The van der Waals surface area contributed by atoms with Crippen molar-refractivity contribution in [2.24, 2.45) is 5.73 Å². The maximum Gasteiger partial charge on any atom is 0.318 e. The van der Waals surface area contributed by atoms with E-state index < -0.39 is 0 Å². The topological polar surface area (TPSA) is 58.4 Å². The highest BCUT2D eigenvalue weighted by atomic mass is 16.2. The molecule has 4 nitrogen and oxygen atoms in total. The van der Waals surface area contributed by atoms with Gasteiger partial charge in [-0.05, 0) is 46.6 Å². The van der Waals surface area contributed by atoms with Crippen molar-refractivity contribution >= 4 is 6.03 Å². The van der Waals surface area contributed by atoms with Crippen LogP contribution in [0, 0.1) is 0 Å². The molecule has 1 aliphatic carbocycles. The normalized spacial score (nSPS) is 17.6. The molecule has 0 heterocycles. The summed E-state index contributed by atoms with van der Waals surface area (Å²) in [6.45, 7) is 7.49. The summed E-state index contributed by atoms with van der Waals surface area (Å²) < 4.78 is 0. The highest BCUT2D eigenvalue weighted by Crippen LogP contribution is 2.23. The van der Waals surface area contributed by atoms with Gasteiger partial charge in [0.05, 0.1) is 0 Å². The van der Waals surface area contributed by atoms with Gasteiger partial charge in [0, 0.05) is 18.1 Å². The number of hydrogen-bond donors (Lipinski definition) is 2. The van der Waals surface area contributed by atoms with E-state index in [4.69, 9.17) is 5.73 Å². The van der Waals surface area contributed by atoms with Crippen LogP contribution in [0.4, 0.5) is 4.79 Å². The lowest BCUT2D eigenvalue weighted by Gasteiger charge is -2.36. The van der Waals surface area contributed by atoms with E-state index >= 15 is 0 Å². The molecule has 2 amide bonds. The zero-order valence-corrected chi connectivity index (χ0v) is 12.2. The maximum absolute atomic E-state index is 12.3. The van der Waals surface area contributed by atoms with Crippen LogP contribution in [0.2, 0.25) is 0 Å². The molecule has 1 aliphatic rings. The molecule has 106 valence electrons. The van der Waals surface area contributed by atoms with Gasteiger partial charge >= 0.3 is 6.03 Å². The fourth-order valence-corrected chi connectivity index (χ4v) is 2.50. The van der Waals surface area contributed by atoms with Crippen molar-refractivity contribution in [3.05, 3.63) is 0 Å². The largest absolute Gasteiger partial charge is 0.333 e. The summed E-state index contributed by atoms with van der Waals surface area (Å²) in [5, 5.41) is 3.07. The van der Waals surface area contributed by atoms with Crippen LogP contribution in [0.25, 0.3) is 0 Å². The van der Waals surface area contributed by atoms with Crippen LogP contribution in [-0.4, -0.2) is 35.6 Å². The molecule has 0 aliphatic heterocycles. The van der Waals surface area contributed by atoms with Gasteiger partial charge in [-0.2, -0.15) is 0 Å². The first-order valence-corrected chi connectivity index (χ1v) is 7.23. The van der Waals surface area contributed by atoms with E-state index in [1.54, 1.807) is 0 Å². The smallest absolute Gasteiger partial charge is 0.318 e. The number of nitrogens with zero attached hydrogens (tertiary/aromatic N) is 1. The van der Waals surface area contributed by atoms with E-state index in [-0.39, 0.29) is 11.6 Å². The first-order chi connectivity index (χ1) is 8.44. The Morgan fingerprint density at radius 3 is 2.39 bits per heavy atom. The molecule has 0 aromatic heterocycles. The third-order valence-electron chi connectivity index (χ3n) is 3.36. The minimum atomic E-state index is -0.174. The van der Waals surface area contributed by atoms with Gasteiger partial charge in [0.1, 0.15) is 0 Å². The molecule has 0 aromatic carbocycles. The molecule has 1 fully saturated rings. The summed E-state index contributed by atoms with van der Waals surface area (Å²) in [6.07, 6.45) is 6.96. The fourth-order valence-electron chi connectivity index (χ4n) is 2.50. The minimum absolute atomic E-state index is 0.0721. The van der Waals surface area contributed by atoms with Crippen molar-refractivity contribution in [1.82, 2.24) is 10.2 Å². The van der Waals surface area contributed by atoms with Gasteiger partial charge in [-0.3, -0.25) is 0 Å². The summed E-state index contributed by atoms with van der Waals surface area (Å²) in [7, 11) is 0. The molecule has 0 radical (unpaired) electrons. The van der Waals surface area contributed by atoms with E-state index in [0.717, 1.165) is 25.8 Å². The SMILES string of the molecule is CC(C)(C)NC(=O)N(CCCN)C1CCCCC1. The number of nitrogens with two attached hydrogens (primary N) is 1. The summed E-state index contributed by atoms with van der Waals surface area (Å²) in [5.41, 5.74) is 5.40. The van der Waals surface area contributed by atoms with Gasteiger partial charge in [-0.15, -0.1) is 0 Å². The van der Waals surface area contributed by atoms with E-state index in [9.17, 15) is 4.79 Å². The zero-order chi connectivity index (χ0) is 13.6. The van der Waals surface area contributed by atoms with Crippen LogP contribution in [-0.2, 0) is 0 Å².